The van der Waals surface area contributed by atoms with Gasteiger partial charge in [-0.1, -0.05) is 80.1 Å². The fourth-order valence-electron chi connectivity index (χ4n) is 9.11. The molecule has 0 aromatic carbocycles. The largest absolute Gasteiger partial charge is 0.481 e. The van der Waals surface area contributed by atoms with Crippen molar-refractivity contribution in [3.05, 3.63) is 0 Å². The molecule has 246 valence electrons. The monoisotopic (exact) mass is 593 g/mol. The van der Waals surface area contributed by atoms with Crippen LogP contribution in [0.3, 0.4) is 0 Å². The van der Waals surface area contributed by atoms with E-state index in [4.69, 9.17) is 5.11 Å². The maximum Gasteiger partial charge on any atom is 0.310 e. The molecule has 6 nitrogen and oxygen atoms in total. The lowest BCUT2D eigenvalue weighted by atomic mass is 9.47. The molecule has 8 atom stereocenters. The summed E-state index contributed by atoms with van der Waals surface area (Å²) in [5.74, 6) is -0.603. The second kappa shape index (κ2) is 14.8. The Hall–Kier alpha value is -1.14. The Balaban J connectivity index is 2.51. The number of unbranched alkanes of at least 4 members (excludes halogenated alkanes) is 6. The smallest absolute Gasteiger partial charge is 0.310 e. The summed E-state index contributed by atoms with van der Waals surface area (Å²) >= 11 is 0. The van der Waals surface area contributed by atoms with Crippen molar-refractivity contribution < 1.29 is 19.8 Å². The highest BCUT2D eigenvalue weighted by molar-refractivity contribution is 5.76. The number of carboxylic acid groups (broad SMARTS) is 2. The maximum absolute atomic E-state index is 14.1. The molecule has 8 unspecified atom stereocenters. The van der Waals surface area contributed by atoms with E-state index >= 15 is 0 Å². The molecule has 0 saturated carbocycles. The molecule has 42 heavy (non-hydrogen) atoms. The van der Waals surface area contributed by atoms with Crippen LogP contribution in [0.2, 0.25) is 0 Å². The molecule has 2 aliphatic heterocycles. The third kappa shape index (κ3) is 7.92. The summed E-state index contributed by atoms with van der Waals surface area (Å²) in [4.78, 5) is 24.9. The molecule has 2 rings (SSSR count). The number of hydrogen-bond acceptors (Lipinski definition) is 4. The average molecular weight is 593 g/mol. The van der Waals surface area contributed by atoms with E-state index in [2.05, 4.69) is 79.9 Å². The average Bonchev–Trinajstić information content (AvgIpc) is 2.94. The lowest BCUT2D eigenvalue weighted by molar-refractivity contribution is -0.177. The molecule has 0 spiro atoms. The zero-order valence-corrected chi connectivity index (χ0v) is 29.1. The van der Waals surface area contributed by atoms with Crippen LogP contribution < -0.4 is 10.6 Å². The second-order valence-electron chi connectivity index (χ2n) is 15.5. The number of nitrogens with one attached hydrogen (secondary N) is 2. The molecule has 0 amide bonds. The van der Waals surface area contributed by atoms with Crippen LogP contribution in [0, 0.1) is 29.1 Å². The van der Waals surface area contributed by atoms with Crippen molar-refractivity contribution in [1.29, 1.82) is 0 Å². The summed E-state index contributed by atoms with van der Waals surface area (Å²) in [5.41, 5.74) is -1.18. The number of piperidine rings is 2. The molecule has 6 heteroatoms. The van der Waals surface area contributed by atoms with Gasteiger partial charge < -0.3 is 20.8 Å². The lowest BCUT2D eigenvalue weighted by Gasteiger charge is -2.63. The predicted molar refractivity (Wildman–Crippen MR) is 175 cm³/mol. The summed E-state index contributed by atoms with van der Waals surface area (Å²) < 4.78 is 0. The van der Waals surface area contributed by atoms with E-state index in [0.717, 1.165) is 89.9 Å². The molecule has 2 aliphatic rings. The Labute approximate surface area is 259 Å². The summed E-state index contributed by atoms with van der Waals surface area (Å²) in [6, 6.07) is 0. The standard InChI is InChI=1S/C36H68N2O4/c1-11-32(7)24-28(26(5)34(9,13-3)37-32)36(31(41)42,23-21-19-17-15-16-18-20-22-30(39)40)29-25-33(8,12-2)38-35(10,14-4)27(29)6/h26-29,37-38H,11-25H2,1-10H3,(H,39,40)(H,41,42). The highest BCUT2D eigenvalue weighted by Crippen LogP contribution is 2.59. The maximum atomic E-state index is 14.1. The third-order valence-electron chi connectivity index (χ3n) is 13.0. The van der Waals surface area contributed by atoms with E-state index in [1.807, 2.05) is 0 Å². The second-order valence-corrected chi connectivity index (χ2v) is 15.5. The summed E-state index contributed by atoms with van der Waals surface area (Å²) in [5, 5.41) is 28.5. The van der Waals surface area contributed by atoms with Gasteiger partial charge in [-0.05, 0) is 103 Å². The Morgan fingerprint density at radius 3 is 1.38 bits per heavy atom. The zero-order chi connectivity index (χ0) is 32.0. The van der Waals surface area contributed by atoms with Crippen molar-refractivity contribution in [2.24, 2.45) is 29.1 Å². The molecule has 4 N–H and O–H groups in total. The van der Waals surface area contributed by atoms with Gasteiger partial charge in [-0.2, -0.15) is 0 Å². The molecule has 0 bridgehead atoms. The summed E-state index contributed by atoms with van der Waals surface area (Å²) in [6.45, 7) is 23.1. The van der Waals surface area contributed by atoms with E-state index in [1.165, 1.54) is 0 Å². The minimum atomic E-state index is -0.787. The van der Waals surface area contributed by atoms with Crippen molar-refractivity contribution in [3.8, 4) is 0 Å². The van der Waals surface area contributed by atoms with Gasteiger partial charge in [-0.15, -0.1) is 0 Å². The van der Waals surface area contributed by atoms with Crippen molar-refractivity contribution >= 4 is 11.9 Å². The minimum absolute atomic E-state index is 0.0864. The molecule has 0 aliphatic carbocycles. The highest BCUT2D eigenvalue weighted by Gasteiger charge is 2.63. The van der Waals surface area contributed by atoms with Gasteiger partial charge in [0.1, 0.15) is 0 Å². The van der Waals surface area contributed by atoms with Crippen LogP contribution in [-0.4, -0.2) is 44.3 Å². The van der Waals surface area contributed by atoms with Gasteiger partial charge >= 0.3 is 11.9 Å². The van der Waals surface area contributed by atoms with Crippen LogP contribution in [0.25, 0.3) is 0 Å². The SMILES string of the molecule is CCC1(C)CC(C(CCCCCCCCCC(=O)O)(C(=O)O)C2CC(C)(CC)NC(C)(CC)C2C)C(C)C(C)(CC)N1. The van der Waals surface area contributed by atoms with Crippen LogP contribution >= 0.6 is 0 Å². The van der Waals surface area contributed by atoms with Crippen LogP contribution in [0.4, 0.5) is 0 Å². The van der Waals surface area contributed by atoms with E-state index in [9.17, 15) is 14.7 Å². The van der Waals surface area contributed by atoms with Crippen molar-refractivity contribution in [3.63, 3.8) is 0 Å². The van der Waals surface area contributed by atoms with Gasteiger partial charge in [0, 0.05) is 28.6 Å². The fourth-order valence-corrected chi connectivity index (χ4v) is 9.11. The van der Waals surface area contributed by atoms with E-state index in [-0.39, 0.29) is 52.2 Å². The number of carbonyl (C=O) groups is 2. The van der Waals surface area contributed by atoms with Gasteiger partial charge in [0.2, 0.25) is 0 Å². The molecule has 0 radical (unpaired) electrons. The van der Waals surface area contributed by atoms with Crippen molar-refractivity contribution in [1.82, 2.24) is 10.6 Å². The molecule has 0 aromatic rings. The summed E-state index contributed by atoms with van der Waals surface area (Å²) in [7, 11) is 0. The van der Waals surface area contributed by atoms with Gasteiger partial charge in [-0.3, -0.25) is 9.59 Å². The Morgan fingerprint density at radius 2 is 1.05 bits per heavy atom. The zero-order valence-electron chi connectivity index (χ0n) is 29.1. The number of aliphatic carboxylic acids is 2. The number of carboxylic acids is 2. The minimum Gasteiger partial charge on any atom is -0.481 e. The van der Waals surface area contributed by atoms with Crippen molar-refractivity contribution in [2.45, 2.75) is 188 Å². The van der Waals surface area contributed by atoms with Gasteiger partial charge in [-0.25, -0.2) is 0 Å². The number of hydrogen-bond donors (Lipinski definition) is 4. The van der Waals surface area contributed by atoms with E-state index < -0.39 is 17.4 Å². The Bertz CT molecular complexity index is 848. The molecule has 2 saturated heterocycles. The predicted octanol–water partition coefficient (Wildman–Crippen LogP) is 8.82. The van der Waals surface area contributed by atoms with Gasteiger partial charge in [0.05, 0.1) is 5.41 Å². The molecular weight excluding hydrogens is 524 g/mol. The van der Waals surface area contributed by atoms with Gasteiger partial charge in [0.25, 0.3) is 0 Å². The first kappa shape index (κ1) is 37.0. The van der Waals surface area contributed by atoms with Crippen LogP contribution in [0.1, 0.15) is 166 Å². The first-order valence-electron chi connectivity index (χ1n) is 17.6. The van der Waals surface area contributed by atoms with Crippen LogP contribution in [0.15, 0.2) is 0 Å². The first-order chi connectivity index (χ1) is 19.5. The number of rotatable bonds is 17. The third-order valence-corrected chi connectivity index (χ3v) is 13.0. The quantitative estimate of drug-likeness (QED) is 0.126. The lowest BCUT2D eigenvalue weighted by Crippen LogP contribution is -2.71. The summed E-state index contributed by atoms with van der Waals surface area (Å²) in [6.07, 6.45) is 13.7. The molecule has 2 heterocycles. The molecule has 0 aromatic heterocycles. The van der Waals surface area contributed by atoms with Crippen molar-refractivity contribution in [2.75, 3.05) is 0 Å². The highest BCUT2D eigenvalue weighted by atomic mass is 16.4. The van der Waals surface area contributed by atoms with Crippen LogP contribution in [-0.2, 0) is 9.59 Å². The molecule has 2 fully saturated rings. The Kier molecular flexibility index (Phi) is 13.0. The Morgan fingerprint density at radius 1 is 0.667 bits per heavy atom. The fraction of sp³-hybridized carbons (Fsp3) is 0.944. The van der Waals surface area contributed by atoms with E-state index in [0.29, 0.717) is 0 Å². The van der Waals surface area contributed by atoms with Gasteiger partial charge in [0.15, 0.2) is 0 Å². The van der Waals surface area contributed by atoms with Crippen LogP contribution in [0.5, 0.6) is 0 Å². The first-order valence-corrected chi connectivity index (χ1v) is 17.6. The van der Waals surface area contributed by atoms with E-state index in [1.54, 1.807) is 0 Å². The molecular formula is C36H68N2O4. The normalized spacial score (nSPS) is 38.6. The topological polar surface area (TPSA) is 98.7 Å².